The zero-order valence-corrected chi connectivity index (χ0v) is 19.1. The van der Waals surface area contributed by atoms with Gasteiger partial charge in [0.05, 0.1) is 18.7 Å². The lowest BCUT2D eigenvalue weighted by molar-refractivity contribution is 0.132. The number of benzene rings is 2. The van der Waals surface area contributed by atoms with Crippen LogP contribution in [0.25, 0.3) is 10.9 Å². The Morgan fingerprint density at radius 3 is 2.06 bits per heavy atom. The molecular weight excluding hydrogens is 417 g/mol. The third kappa shape index (κ3) is 6.17. The second kappa shape index (κ2) is 10.6. The average Bonchev–Trinajstić information content (AvgIpc) is 2.74. The van der Waals surface area contributed by atoms with Gasteiger partial charge in [0.2, 0.25) is 0 Å². The van der Waals surface area contributed by atoms with Gasteiger partial charge in [0, 0.05) is 36.7 Å². The maximum Gasteiger partial charge on any atom is 0.163 e. The van der Waals surface area contributed by atoms with Gasteiger partial charge in [-0.3, -0.25) is 0 Å². The fourth-order valence-electron chi connectivity index (χ4n) is 2.90. The summed E-state index contributed by atoms with van der Waals surface area (Å²) in [4.78, 5) is 8.77. The lowest BCUT2D eigenvalue weighted by Gasteiger charge is -2.15. The largest absolute Gasteiger partial charge is 0.487 e. The zero-order valence-electron chi connectivity index (χ0n) is 18.3. The summed E-state index contributed by atoms with van der Waals surface area (Å²) in [6.45, 7) is 5.20. The molecule has 0 unspecified atom stereocenters. The molecule has 3 aromatic rings. The summed E-state index contributed by atoms with van der Waals surface area (Å²) in [6, 6.07) is 11.2. The highest BCUT2D eigenvalue weighted by atomic mass is 31.2. The monoisotopic (exact) mass is 445 g/mol. The van der Waals surface area contributed by atoms with Gasteiger partial charge in [0.15, 0.2) is 11.5 Å². The first-order chi connectivity index (χ1) is 14.9. The molecule has 0 aliphatic rings. The van der Waals surface area contributed by atoms with Gasteiger partial charge in [-0.1, -0.05) is 0 Å². The predicted molar refractivity (Wildman–Crippen MR) is 123 cm³/mol. The van der Waals surface area contributed by atoms with Crippen LogP contribution in [0.1, 0.15) is 0 Å². The number of ether oxygens (including phenoxy) is 4. The van der Waals surface area contributed by atoms with Crippen LogP contribution in [-0.4, -0.2) is 63.9 Å². The van der Waals surface area contributed by atoms with E-state index in [0.717, 1.165) is 16.4 Å². The van der Waals surface area contributed by atoms with Crippen LogP contribution in [0.15, 0.2) is 42.7 Å². The molecule has 0 fully saturated rings. The molecule has 0 aliphatic heterocycles. The molecule has 0 radical (unpaired) electrons. The van der Waals surface area contributed by atoms with Gasteiger partial charge in [-0.05, 0) is 43.7 Å². The smallest absolute Gasteiger partial charge is 0.163 e. The van der Waals surface area contributed by atoms with E-state index < -0.39 is 7.14 Å². The van der Waals surface area contributed by atoms with Gasteiger partial charge < -0.3 is 28.8 Å². The molecule has 0 saturated carbocycles. The van der Waals surface area contributed by atoms with Crippen LogP contribution < -0.4 is 20.1 Å². The van der Waals surface area contributed by atoms with Crippen molar-refractivity contribution in [2.75, 3.05) is 59.3 Å². The number of anilines is 2. The number of rotatable bonds is 11. The Hall–Kier alpha value is -2.67. The highest BCUT2D eigenvalue weighted by molar-refractivity contribution is 7.70. The molecule has 0 aliphatic carbocycles. The molecule has 0 atom stereocenters. The van der Waals surface area contributed by atoms with Crippen LogP contribution in [0, 0.1) is 0 Å². The second-order valence-electron chi connectivity index (χ2n) is 7.24. The molecule has 2 aromatic carbocycles. The second-order valence-corrected chi connectivity index (χ2v) is 10.5. The molecule has 9 heteroatoms. The van der Waals surface area contributed by atoms with Gasteiger partial charge in [-0.2, -0.15) is 0 Å². The van der Waals surface area contributed by atoms with E-state index in [0.29, 0.717) is 49.3 Å². The van der Waals surface area contributed by atoms with Crippen molar-refractivity contribution in [3.63, 3.8) is 0 Å². The van der Waals surface area contributed by atoms with E-state index in [1.54, 1.807) is 27.5 Å². The number of aromatic nitrogens is 2. The highest BCUT2D eigenvalue weighted by Crippen LogP contribution is 2.36. The van der Waals surface area contributed by atoms with E-state index in [9.17, 15) is 4.57 Å². The summed E-state index contributed by atoms with van der Waals surface area (Å²) < 4.78 is 34.1. The van der Waals surface area contributed by atoms with Crippen LogP contribution in [-0.2, 0) is 14.0 Å². The quantitative estimate of drug-likeness (QED) is 0.353. The normalized spacial score (nSPS) is 11.5. The molecular formula is C22H28N3O5P. The summed E-state index contributed by atoms with van der Waals surface area (Å²) in [5.41, 5.74) is 1.55. The summed E-state index contributed by atoms with van der Waals surface area (Å²) in [6.07, 6.45) is 1.50. The van der Waals surface area contributed by atoms with Crippen molar-refractivity contribution in [1.29, 1.82) is 0 Å². The SMILES string of the molecule is COCCOc1cc2ncnc(Nc3ccc(P(C)(C)=O)cc3)c2cc1OCCOC. The summed E-state index contributed by atoms with van der Waals surface area (Å²) in [5.74, 6) is 1.79. The molecule has 8 nitrogen and oxygen atoms in total. The van der Waals surface area contributed by atoms with Crippen molar-refractivity contribution in [2.45, 2.75) is 0 Å². The van der Waals surface area contributed by atoms with E-state index >= 15 is 0 Å². The Balaban J connectivity index is 1.92. The van der Waals surface area contributed by atoms with Gasteiger partial charge in [0.1, 0.15) is 32.5 Å². The lowest BCUT2D eigenvalue weighted by atomic mass is 10.2. The molecule has 0 bridgehead atoms. The van der Waals surface area contributed by atoms with Crippen molar-refractivity contribution >= 4 is 34.9 Å². The van der Waals surface area contributed by atoms with Crippen molar-refractivity contribution in [3.05, 3.63) is 42.7 Å². The Morgan fingerprint density at radius 1 is 0.871 bits per heavy atom. The van der Waals surface area contributed by atoms with Crippen LogP contribution in [0.2, 0.25) is 0 Å². The fraction of sp³-hybridized carbons (Fsp3) is 0.364. The fourth-order valence-corrected chi connectivity index (χ4v) is 3.77. The van der Waals surface area contributed by atoms with E-state index in [2.05, 4.69) is 15.3 Å². The van der Waals surface area contributed by atoms with Crippen LogP contribution in [0.4, 0.5) is 11.5 Å². The predicted octanol–water partition coefficient (Wildman–Crippen LogP) is 3.67. The average molecular weight is 445 g/mol. The Morgan fingerprint density at radius 2 is 1.48 bits per heavy atom. The Kier molecular flexibility index (Phi) is 7.85. The topological polar surface area (TPSA) is 91.8 Å². The molecule has 1 heterocycles. The Bertz CT molecular complexity index is 1050. The number of hydrogen-bond donors (Lipinski definition) is 1. The van der Waals surface area contributed by atoms with E-state index in [4.69, 9.17) is 18.9 Å². The first-order valence-corrected chi connectivity index (χ1v) is 12.5. The lowest BCUT2D eigenvalue weighted by Crippen LogP contribution is -2.09. The molecule has 1 N–H and O–H groups in total. The summed E-state index contributed by atoms with van der Waals surface area (Å²) >= 11 is 0. The molecule has 1 aromatic heterocycles. The maximum absolute atomic E-state index is 12.2. The van der Waals surface area contributed by atoms with E-state index in [1.807, 2.05) is 36.4 Å². The summed E-state index contributed by atoms with van der Waals surface area (Å²) in [7, 11) is 0.944. The molecule has 31 heavy (non-hydrogen) atoms. The van der Waals surface area contributed by atoms with Crippen LogP contribution in [0.5, 0.6) is 11.5 Å². The van der Waals surface area contributed by atoms with Gasteiger partial charge >= 0.3 is 0 Å². The van der Waals surface area contributed by atoms with Crippen molar-refractivity contribution in [2.24, 2.45) is 0 Å². The van der Waals surface area contributed by atoms with E-state index in [1.165, 1.54) is 6.33 Å². The van der Waals surface area contributed by atoms with Crippen molar-refractivity contribution in [3.8, 4) is 11.5 Å². The maximum atomic E-state index is 12.2. The minimum absolute atomic E-state index is 0.384. The minimum Gasteiger partial charge on any atom is -0.487 e. The first kappa shape index (κ1) is 23.0. The summed E-state index contributed by atoms with van der Waals surface area (Å²) in [5, 5.41) is 4.93. The third-order valence-electron chi connectivity index (χ3n) is 4.54. The molecule has 0 spiro atoms. The van der Waals surface area contributed by atoms with Gasteiger partial charge in [-0.15, -0.1) is 0 Å². The van der Waals surface area contributed by atoms with Crippen molar-refractivity contribution in [1.82, 2.24) is 9.97 Å². The first-order valence-electron chi connectivity index (χ1n) is 9.87. The zero-order chi connectivity index (χ0) is 22.3. The number of methoxy groups -OCH3 is 2. The van der Waals surface area contributed by atoms with Crippen LogP contribution in [0.3, 0.4) is 0 Å². The number of hydrogen-bond acceptors (Lipinski definition) is 8. The third-order valence-corrected chi connectivity index (χ3v) is 6.08. The molecule has 0 saturated heterocycles. The molecule has 3 rings (SSSR count). The van der Waals surface area contributed by atoms with Gasteiger partial charge in [0.25, 0.3) is 0 Å². The van der Waals surface area contributed by atoms with Crippen LogP contribution >= 0.6 is 7.14 Å². The Labute approximate surface area is 182 Å². The number of nitrogens with one attached hydrogen (secondary N) is 1. The van der Waals surface area contributed by atoms with Gasteiger partial charge in [-0.25, -0.2) is 9.97 Å². The van der Waals surface area contributed by atoms with E-state index in [-0.39, 0.29) is 0 Å². The highest BCUT2D eigenvalue weighted by Gasteiger charge is 2.14. The van der Waals surface area contributed by atoms with Crippen molar-refractivity contribution < 1.29 is 23.5 Å². The molecule has 166 valence electrons. The standard InChI is InChI=1S/C22H28N3O5P/c1-27-9-11-29-20-13-18-19(14-21(20)30-12-10-28-2)23-15-24-22(18)25-16-5-7-17(8-6-16)31(3,4)26/h5-8,13-15H,9-12H2,1-4H3,(H,23,24,25). The number of nitrogens with zero attached hydrogens (tertiary/aromatic N) is 2. The number of fused-ring (bicyclic) bond motifs is 1. The molecule has 0 amide bonds. The minimum atomic E-state index is -2.30.